The van der Waals surface area contributed by atoms with Crippen LogP contribution in [0.25, 0.3) is 0 Å². The molecule has 0 saturated carbocycles. The van der Waals surface area contributed by atoms with E-state index in [1.807, 2.05) is 25.1 Å². The first-order valence-electron chi connectivity index (χ1n) is 8.63. The van der Waals surface area contributed by atoms with Crippen LogP contribution in [0.15, 0.2) is 64.5 Å². The van der Waals surface area contributed by atoms with Gasteiger partial charge in [0.15, 0.2) is 0 Å². The second-order valence-corrected chi connectivity index (χ2v) is 7.41. The molecule has 0 unspecified atom stereocenters. The number of allylic oxidation sites excluding steroid dienone is 2. The summed E-state index contributed by atoms with van der Waals surface area (Å²) >= 11 is 3.56. The molecular weight excluding hydrogens is 414 g/mol. The first-order chi connectivity index (χ1) is 13.0. The van der Waals surface area contributed by atoms with Crippen molar-refractivity contribution in [2.75, 3.05) is 6.54 Å². The number of hydrogen-bond acceptors (Lipinski definition) is 3. The number of nitrogens with zero attached hydrogens (tertiary/aromatic N) is 1. The maximum Gasteiger partial charge on any atom is 0.133 e. The van der Waals surface area contributed by atoms with Crippen LogP contribution in [0, 0.1) is 11.6 Å². The van der Waals surface area contributed by atoms with E-state index in [9.17, 15) is 8.78 Å². The van der Waals surface area contributed by atoms with Gasteiger partial charge in [-0.3, -0.25) is 0 Å². The van der Waals surface area contributed by atoms with Crippen molar-refractivity contribution in [2.45, 2.75) is 26.6 Å². The third-order valence-corrected chi connectivity index (χ3v) is 5.11. The molecule has 0 aromatic heterocycles. The van der Waals surface area contributed by atoms with Crippen LogP contribution < -0.4 is 5.73 Å². The highest BCUT2D eigenvalue weighted by Crippen LogP contribution is 2.27. The molecule has 2 aromatic rings. The third-order valence-electron chi connectivity index (χ3n) is 4.47. The van der Waals surface area contributed by atoms with E-state index in [-0.39, 0.29) is 6.61 Å². The Morgan fingerprint density at radius 3 is 2.48 bits per heavy atom. The largest absolute Gasteiger partial charge is 0.488 e. The maximum absolute atomic E-state index is 13.8. The lowest BCUT2D eigenvalue weighted by atomic mass is 10.1. The Balaban J connectivity index is 1.64. The van der Waals surface area contributed by atoms with Gasteiger partial charge in [0.25, 0.3) is 0 Å². The van der Waals surface area contributed by atoms with E-state index in [1.54, 1.807) is 0 Å². The number of halogens is 3. The van der Waals surface area contributed by atoms with Gasteiger partial charge in [-0.2, -0.15) is 0 Å². The van der Waals surface area contributed by atoms with E-state index in [4.69, 9.17) is 10.5 Å². The van der Waals surface area contributed by atoms with E-state index in [0.29, 0.717) is 24.4 Å². The zero-order valence-electron chi connectivity index (χ0n) is 15.0. The van der Waals surface area contributed by atoms with Gasteiger partial charge in [-0.05, 0) is 52.2 Å². The van der Waals surface area contributed by atoms with Crippen LogP contribution >= 0.6 is 15.9 Å². The van der Waals surface area contributed by atoms with Gasteiger partial charge in [-0.1, -0.05) is 24.3 Å². The fourth-order valence-corrected chi connectivity index (χ4v) is 3.36. The summed E-state index contributed by atoms with van der Waals surface area (Å²) < 4.78 is 33.4. The zero-order chi connectivity index (χ0) is 19.4. The SMILES string of the molecule is CC1=CC(OCc2ccc(F)cc2F)=C(Br)CN1Cc1ccc(CN)cc1. The van der Waals surface area contributed by atoms with Crippen molar-refractivity contribution in [1.29, 1.82) is 0 Å². The summed E-state index contributed by atoms with van der Waals surface area (Å²) in [4.78, 5) is 2.22. The molecule has 27 heavy (non-hydrogen) atoms. The second-order valence-electron chi connectivity index (χ2n) is 6.46. The lowest BCUT2D eigenvalue weighted by Crippen LogP contribution is -2.26. The molecule has 0 fully saturated rings. The topological polar surface area (TPSA) is 38.5 Å². The summed E-state index contributed by atoms with van der Waals surface area (Å²) in [6.07, 6.45) is 1.92. The van der Waals surface area contributed by atoms with Gasteiger partial charge >= 0.3 is 0 Å². The highest BCUT2D eigenvalue weighted by molar-refractivity contribution is 9.11. The minimum Gasteiger partial charge on any atom is -0.488 e. The van der Waals surface area contributed by atoms with Crippen LogP contribution in [0.1, 0.15) is 23.6 Å². The molecule has 0 radical (unpaired) electrons. The molecule has 142 valence electrons. The lowest BCUT2D eigenvalue weighted by molar-refractivity contribution is 0.197. The van der Waals surface area contributed by atoms with Gasteiger partial charge in [0, 0.05) is 30.4 Å². The van der Waals surface area contributed by atoms with Gasteiger partial charge in [-0.15, -0.1) is 0 Å². The summed E-state index contributed by atoms with van der Waals surface area (Å²) in [5.41, 5.74) is 9.31. The summed E-state index contributed by atoms with van der Waals surface area (Å²) in [5.74, 6) is -0.545. The molecule has 0 bridgehead atoms. The van der Waals surface area contributed by atoms with E-state index in [2.05, 4.69) is 33.0 Å². The van der Waals surface area contributed by atoms with E-state index in [0.717, 1.165) is 28.4 Å². The standard InChI is InChI=1S/C21H21BrF2N2O/c1-14-8-21(27-13-17-6-7-18(23)9-20(17)24)19(22)12-26(14)11-16-4-2-15(10-25)3-5-16/h2-9H,10-13,25H2,1H3. The summed E-state index contributed by atoms with van der Waals surface area (Å²) in [7, 11) is 0. The Labute approximate surface area is 166 Å². The molecule has 0 spiro atoms. The molecular formula is C21H21BrF2N2O. The predicted molar refractivity (Wildman–Crippen MR) is 106 cm³/mol. The molecule has 2 aromatic carbocycles. The molecule has 1 heterocycles. The summed E-state index contributed by atoms with van der Waals surface area (Å²) in [6.45, 7) is 4.01. The number of rotatable bonds is 6. The third kappa shape index (κ3) is 4.96. The van der Waals surface area contributed by atoms with E-state index < -0.39 is 11.6 Å². The molecule has 2 N–H and O–H groups in total. The van der Waals surface area contributed by atoms with Crippen molar-refractivity contribution in [1.82, 2.24) is 4.90 Å². The Bertz CT molecular complexity index is 878. The average molecular weight is 435 g/mol. The van der Waals surface area contributed by atoms with Gasteiger partial charge in [0.2, 0.25) is 0 Å². The number of benzene rings is 2. The van der Waals surface area contributed by atoms with E-state index >= 15 is 0 Å². The van der Waals surface area contributed by atoms with E-state index in [1.165, 1.54) is 17.7 Å². The van der Waals surface area contributed by atoms with Crippen LogP contribution in [0.4, 0.5) is 8.78 Å². The van der Waals surface area contributed by atoms with Crippen molar-refractivity contribution >= 4 is 15.9 Å². The highest BCUT2D eigenvalue weighted by Gasteiger charge is 2.18. The normalized spacial score (nSPS) is 14.4. The van der Waals surface area contributed by atoms with Crippen molar-refractivity contribution < 1.29 is 13.5 Å². The van der Waals surface area contributed by atoms with Gasteiger partial charge in [0.1, 0.15) is 24.0 Å². The average Bonchev–Trinajstić information content (AvgIpc) is 2.65. The molecule has 6 heteroatoms. The quantitative estimate of drug-likeness (QED) is 0.697. The minimum atomic E-state index is -0.606. The second kappa shape index (κ2) is 8.67. The van der Waals surface area contributed by atoms with Crippen LogP contribution in [0.5, 0.6) is 0 Å². The van der Waals surface area contributed by atoms with Crippen molar-refractivity contribution in [3.05, 3.63) is 92.8 Å². The van der Waals surface area contributed by atoms with Gasteiger partial charge in [0.05, 0.1) is 11.0 Å². The minimum absolute atomic E-state index is 0.0425. The Kier molecular flexibility index (Phi) is 6.29. The lowest BCUT2D eigenvalue weighted by Gasteiger charge is -2.30. The molecule has 0 atom stereocenters. The first-order valence-corrected chi connectivity index (χ1v) is 9.42. The molecule has 3 rings (SSSR count). The van der Waals surface area contributed by atoms with Crippen LogP contribution in [0.3, 0.4) is 0 Å². The van der Waals surface area contributed by atoms with Crippen LogP contribution in [0.2, 0.25) is 0 Å². The molecule has 0 aliphatic carbocycles. The number of hydrogen-bond donors (Lipinski definition) is 1. The number of ether oxygens (including phenoxy) is 1. The van der Waals surface area contributed by atoms with Crippen molar-refractivity contribution in [3.8, 4) is 0 Å². The zero-order valence-corrected chi connectivity index (χ0v) is 16.6. The molecule has 3 nitrogen and oxygen atoms in total. The van der Waals surface area contributed by atoms with Crippen LogP contribution in [-0.4, -0.2) is 11.4 Å². The van der Waals surface area contributed by atoms with Crippen molar-refractivity contribution in [2.24, 2.45) is 5.73 Å². The highest BCUT2D eigenvalue weighted by atomic mass is 79.9. The monoisotopic (exact) mass is 434 g/mol. The summed E-state index contributed by atoms with van der Waals surface area (Å²) in [5, 5.41) is 0. The molecule has 1 aliphatic heterocycles. The maximum atomic E-state index is 13.8. The van der Waals surface area contributed by atoms with Crippen LogP contribution in [-0.2, 0) is 24.4 Å². The van der Waals surface area contributed by atoms with Gasteiger partial charge in [-0.25, -0.2) is 8.78 Å². The Morgan fingerprint density at radius 2 is 1.81 bits per heavy atom. The fraction of sp³-hybridized carbons (Fsp3) is 0.238. The van der Waals surface area contributed by atoms with Gasteiger partial charge < -0.3 is 15.4 Å². The predicted octanol–water partition coefficient (Wildman–Crippen LogP) is 4.97. The smallest absolute Gasteiger partial charge is 0.133 e. The Hall–Kier alpha value is -2.18. The summed E-state index contributed by atoms with van der Waals surface area (Å²) in [6, 6.07) is 11.7. The molecule has 1 aliphatic rings. The fourth-order valence-electron chi connectivity index (χ4n) is 2.83. The number of nitrogens with two attached hydrogens (primary N) is 1. The molecule has 0 saturated heterocycles. The first kappa shape index (κ1) is 19.6. The Morgan fingerprint density at radius 1 is 1.11 bits per heavy atom. The molecule has 0 amide bonds. The van der Waals surface area contributed by atoms with Crippen molar-refractivity contribution in [3.63, 3.8) is 0 Å².